The maximum Gasteiger partial charge on any atom is 0.107 e. The monoisotopic (exact) mass is 435 g/mol. The summed E-state index contributed by atoms with van der Waals surface area (Å²) in [7, 11) is 0. The summed E-state index contributed by atoms with van der Waals surface area (Å²) < 4.78 is 0. The summed E-state index contributed by atoms with van der Waals surface area (Å²) in [4.78, 5) is 5.28. The van der Waals surface area contributed by atoms with Crippen LogP contribution < -0.4 is 0 Å². The average molecular weight is 436 g/mol. The summed E-state index contributed by atoms with van der Waals surface area (Å²) in [5.74, 6) is 0. The van der Waals surface area contributed by atoms with E-state index in [1.165, 1.54) is 24.0 Å². The summed E-state index contributed by atoms with van der Waals surface area (Å²) in [5.41, 5.74) is 4.64. The van der Waals surface area contributed by atoms with Crippen molar-refractivity contribution in [1.29, 1.82) is 5.26 Å². The van der Waals surface area contributed by atoms with Crippen molar-refractivity contribution in [3.05, 3.63) is 107 Å². The molecule has 0 unspecified atom stereocenters. The lowest BCUT2D eigenvalue weighted by Gasteiger charge is -2.37. The van der Waals surface area contributed by atoms with Gasteiger partial charge in [-0.05, 0) is 67.6 Å². The Hall–Kier alpha value is -2.93. The summed E-state index contributed by atoms with van der Waals surface area (Å²) >= 11 is 0. The van der Waals surface area contributed by atoms with E-state index in [0.717, 1.165) is 56.7 Å². The minimum Gasteiger partial charge on any atom is -0.303 e. The van der Waals surface area contributed by atoms with Crippen LogP contribution in [0.25, 0.3) is 0 Å². The van der Waals surface area contributed by atoms with Crippen LogP contribution >= 0.6 is 0 Å². The minimum atomic E-state index is -0.581. The van der Waals surface area contributed by atoms with Gasteiger partial charge in [0.2, 0.25) is 0 Å². The highest BCUT2D eigenvalue weighted by molar-refractivity contribution is 5.45. The van der Waals surface area contributed by atoms with Crippen molar-refractivity contribution >= 4 is 0 Å². The van der Waals surface area contributed by atoms with Gasteiger partial charge >= 0.3 is 0 Å². The lowest BCUT2D eigenvalue weighted by molar-refractivity contribution is 0.105. The molecule has 0 saturated carbocycles. The van der Waals surface area contributed by atoms with Gasteiger partial charge < -0.3 is 4.90 Å². The topological polar surface area (TPSA) is 30.3 Å². The van der Waals surface area contributed by atoms with E-state index in [9.17, 15) is 5.26 Å². The molecule has 3 heteroatoms. The largest absolute Gasteiger partial charge is 0.303 e. The molecule has 2 aliphatic rings. The smallest absolute Gasteiger partial charge is 0.107 e. The van der Waals surface area contributed by atoms with Crippen LogP contribution in [0.5, 0.6) is 0 Å². The van der Waals surface area contributed by atoms with E-state index in [-0.39, 0.29) is 0 Å². The van der Waals surface area contributed by atoms with Crippen LogP contribution in [0.15, 0.2) is 84.9 Å². The van der Waals surface area contributed by atoms with Crippen molar-refractivity contribution in [2.24, 2.45) is 0 Å². The first kappa shape index (κ1) is 21.9. The van der Waals surface area contributed by atoms with Crippen LogP contribution in [0.4, 0.5) is 0 Å². The van der Waals surface area contributed by atoms with E-state index in [1.54, 1.807) is 0 Å². The van der Waals surface area contributed by atoms with Gasteiger partial charge in [-0.25, -0.2) is 0 Å². The third-order valence-electron chi connectivity index (χ3n) is 7.69. The summed E-state index contributed by atoms with van der Waals surface area (Å²) in [6.45, 7) is 5.61. The molecular weight excluding hydrogens is 402 g/mol. The zero-order valence-corrected chi connectivity index (χ0v) is 19.4. The normalized spacial score (nSPS) is 17.5. The summed E-state index contributed by atoms with van der Waals surface area (Å²) in [6, 6.07) is 33.0. The number of likely N-dealkylation sites (tertiary alicyclic amines) is 1. The number of rotatable bonds is 7. The molecule has 0 N–H and O–H groups in total. The maximum absolute atomic E-state index is 10.4. The van der Waals surface area contributed by atoms with Gasteiger partial charge in [0.1, 0.15) is 5.41 Å². The molecule has 0 aliphatic carbocycles. The van der Waals surface area contributed by atoms with E-state index in [4.69, 9.17) is 0 Å². The van der Waals surface area contributed by atoms with Gasteiger partial charge in [0.05, 0.1) is 6.07 Å². The van der Waals surface area contributed by atoms with E-state index < -0.39 is 5.41 Å². The molecule has 0 bridgehead atoms. The molecule has 0 aromatic heterocycles. The van der Waals surface area contributed by atoms with Gasteiger partial charge in [-0.1, -0.05) is 84.9 Å². The van der Waals surface area contributed by atoms with Gasteiger partial charge in [-0.3, -0.25) is 4.90 Å². The molecule has 168 valence electrons. The molecule has 0 spiro atoms. The molecule has 0 amide bonds. The van der Waals surface area contributed by atoms with Crippen molar-refractivity contribution in [2.75, 3.05) is 19.6 Å². The van der Waals surface area contributed by atoms with E-state index >= 15 is 0 Å². The Balaban J connectivity index is 1.18. The van der Waals surface area contributed by atoms with Gasteiger partial charge in [-0.2, -0.15) is 5.26 Å². The summed E-state index contributed by atoms with van der Waals surface area (Å²) in [5, 5.41) is 10.4. The van der Waals surface area contributed by atoms with Crippen LogP contribution in [-0.2, 0) is 18.5 Å². The first-order chi connectivity index (χ1) is 16.3. The van der Waals surface area contributed by atoms with Crippen LogP contribution in [0, 0.1) is 11.3 Å². The van der Waals surface area contributed by atoms with Crippen LogP contribution in [0.2, 0.25) is 0 Å². The molecule has 1 fully saturated rings. The lowest BCUT2D eigenvalue weighted by Crippen LogP contribution is -2.43. The molecule has 1 saturated heterocycles. The van der Waals surface area contributed by atoms with Crippen molar-refractivity contribution in [2.45, 2.75) is 50.2 Å². The number of hydrogen-bond acceptors (Lipinski definition) is 3. The zero-order chi connectivity index (χ0) is 22.5. The Bertz CT molecular complexity index is 1010. The van der Waals surface area contributed by atoms with Gasteiger partial charge in [0, 0.05) is 19.1 Å². The second-order valence-corrected chi connectivity index (χ2v) is 9.60. The predicted octanol–water partition coefficient (Wildman–Crippen LogP) is 5.76. The second kappa shape index (κ2) is 9.91. The minimum absolute atomic E-state index is 0.581. The zero-order valence-electron chi connectivity index (χ0n) is 19.4. The van der Waals surface area contributed by atoms with Gasteiger partial charge in [0.15, 0.2) is 0 Å². The van der Waals surface area contributed by atoms with E-state index in [1.807, 2.05) is 36.4 Å². The van der Waals surface area contributed by atoms with Crippen molar-refractivity contribution in [3.63, 3.8) is 0 Å². The quantitative estimate of drug-likeness (QED) is 0.473. The Morgan fingerprint density at radius 1 is 0.758 bits per heavy atom. The molecule has 3 aromatic rings. The number of nitriles is 1. The highest BCUT2D eigenvalue weighted by atomic mass is 15.2. The Kier molecular flexibility index (Phi) is 6.58. The molecule has 2 heterocycles. The molecule has 0 radical (unpaired) electrons. The fraction of sp³-hybridized carbons (Fsp3) is 0.367. The SMILES string of the molecule is N#CC(CCCN1CCC(N2Cc3ccccc3C2)CC1)(c1ccccc1)c1ccccc1. The van der Waals surface area contributed by atoms with Crippen molar-refractivity contribution in [1.82, 2.24) is 9.80 Å². The number of hydrogen-bond donors (Lipinski definition) is 0. The van der Waals surface area contributed by atoms with Gasteiger partial charge in [0.25, 0.3) is 0 Å². The van der Waals surface area contributed by atoms with Gasteiger partial charge in [-0.15, -0.1) is 0 Å². The third kappa shape index (κ3) is 4.60. The Labute approximate surface area is 198 Å². The number of nitrogens with zero attached hydrogens (tertiary/aromatic N) is 3. The number of piperidine rings is 1. The predicted molar refractivity (Wildman–Crippen MR) is 134 cm³/mol. The van der Waals surface area contributed by atoms with Crippen molar-refractivity contribution < 1.29 is 0 Å². The maximum atomic E-state index is 10.4. The molecule has 3 aromatic carbocycles. The molecule has 3 nitrogen and oxygen atoms in total. The lowest BCUT2D eigenvalue weighted by atomic mass is 9.72. The first-order valence-corrected chi connectivity index (χ1v) is 12.3. The van der Waals surface area contributed by atoms with E-state index in [0.29, 0.717) is 6.04 Å². The fourth-order valence-corrected chi connectivity index (χ4v) is 5.78. The fourth-order valence-electron chi connectivity index (χ4n) is 5.78. The molecule has 2 aliphatic heterocycles. The average Bonchev–Trinajstić information content (AvgIpc) is 3.33. The van der Waals surface area contributed by atoms with Crippen LogP contribution in [0.3, 0.4) is 0 Å². The third-order valence-corrected chi connectivity index (χ3v) is 7.69. The van der Waals surface area contributed by atoms with Crippen LogP contribution in [-0.4, -0.2) is 35.5 Å². The molecule has 33 heavy (non-hydrogen) atoms. The Morgan fingerprint density at radius 3 is 1.79 bits per heavy atom. The molecule has 5 rings (SSSR count). The number of benzene rings is 3. The molecular formula is C30H33N3. The second-order valence-electron chi connectivity index (χ2n) is 9.60. The van der Waals surface area contributed by atoms with E-state index in [2.05, 4.69) is 64.4 Å². The first-order valence-electron chi connectivity index (χ1n) is 12.3. The van der Waals surface area contributed by atoms with Crippen LogP contribution in [0.1, 0.15) is 47.9 Å². The summed E-state index contributed by atoms with van der Waals surface area (Å²) in [6.07, 6.45) is 4.36. The standard InChI is InChI=1S/C30H33N3/c31-24-30(27-12-3-1-4-13-27,28-14-5-2-6-15-28)18-9-19-32-20-16-29(17-21-32)33-22-25-10-7-8-11-26(25)23-33/h1-8,10-15,29H,9,16-23H2. The van der Waals surface area contributed by atoms with Crippen molar-refractivity contribution in [3.8, 4) is 6.07 Å². The highest BCUT2D eigenvalue weighted by Gasteiger charge is 2.34. The Morgan fingerprint density at radius 2 is 1.27 bits per heavy atom. The molecule has 0 atom stereocenters. The number of fused-ring (bicyclic) bond motifs is 1. The highest BCUT2D eigenvalue weighted by Crippen LogP contribution is 2.36.